The zero-order valence-corrected chi connectivity index (χ0v) is 8.92. The number of methoxy groups -OCH3 is 1. The summed E-state index contributed by atoms with van der Waals surface area (Å²) in [5.74, 6) is 0.0688. The molecule has 14 heavy (non-hydrogen) atoms. The summed E-state index contributed by atoms with van der Waals surface area (Å²) in [5.41, 5.74) is 0.641. The highest BCUT2D eigenvalue weighted by Gasteiger charge is 2.22. The first-order chi connectivity index (χ1) is 6.60. The van der Waals surface area contributed by atoms with Crippen LogP contribution in [0.25, 0.3) is 0 Å². The van der Waals surface area contributed by atoms with Gasteiger partial charge in [-0.15, -0.1) is 11.8 Å². The molecule has 5 nitrogen and oxygen atoms in total. The number of hydrogen-bond donors (Lipinski definition) is 0. The second-order valence-electron chi connectivity index (χ2n) is 2.58. The molecule has 1 aromatic rings. The third-order valence-corrected chi connectivity index (χ3v) is 2.40. The van der Waals surface area contributed by atoms with Gasteiger partial charge in [-0.25, -0.2) is 4.98 Å². The molecule has 0 aliphatic carbocycles. The van der Waals surface area contributed by atoms with E-state index in [1.807, 2.05) is 0 Å². The van der Waals surface area contributed by atoms with Gasteiger partial charge >= 0.3 is 5.69 Å². The lowest BCUT2D eigenvalue weighted by atomic mass is 10.3. The molecule has 0 saturated heterocycles. The van der Waals surface area contributed by atoms with Crippen LogP contribution in [0.1, 0.15) is 5.69 Å². The van der Waals surface area contributed by atoms with Gasteiger partial charge in [0.15, 0.2) is 0 Å². The Hall–Kier alpha value is -1.30. The molecule has 6 heteroatoms. The van der Waals surface area contributed by atoms with Gasteiger partial charge in [-0.3, -0.25) is 10.1 Å². The molecule has 76 valence electrons. The SMILES string of the molecule is COc1nc(C)cc(SC)c1[N+](=O)[O-]. The molecule has 0 radical (unpaired) electrons. The predicted molar refractivity (Wildman–Crippen MR) is 54.0 cm³/mol. The number of aryl methyl sites for hydroxylation is 1. The Morgan fingerprint density at radius 2 is 2.29 bits per heavy atom. The highest BCUT2D eigenvalue weighted by Crippen LogP contribution is 2.34. The van der Waals surface area contributed by atoms with Crippen LogP contribution in [-0.4, -0.2) is 23.3 Å². The molecule has 0 amide bonds. The summed E-state index contributed by atoms with van der Waals surface area (Å²) in [6.45, 7) is 1.77. The molecule has 0 aliphatic rings. The van der Waals surface area contributed by atoms with E-state index in [1.54, 1.807) is 19.2 Å². The molecule has 0 bridgehead atoms. The van der Waals surface area contributed by atoms with Gasteiger partial charge < -0.3 is 4.74 Å². The minimum absolute atomic E-state index is 0.0643. The first-order valence-corrected chi connectivity index (χ1v) is 5.06. The fourth-order valence-corrected chi connectivity index (χ4v) is 1.72. The van der Waals surface area contributed by atoms with Gasteiger partial charge in [0.05, 0.1) is 16.9 Å². The Kier molecular flexibility index (Phi) is 3.29. The van der Waals surface area contributed by atoms with Crippen LogP contribution >= 0.6 is 11.8 Å². The maximum atomic E-state index is 10.7. The lowest BCUT2D eigenvalue weighted by molar-refractivity contribution is -0.389. The summed E-state index contributed by atoms with van der Waals surface area (Å²) in [4.78, 5) is 14.8. The molecular formula is C8H10N2O3S. The Morgan fingerprint density at radius 3 is 2.71 bits per heavy atom. The van der Waals surface area contributed by atoms with Crippen molar-refractivity contribution in [2.24, 2.45) is 0 Å². The number of nitrogens with zero attached hydrogens (tertiary/aromatic N) is 2. The Bertz CT molecular complexity index is 343. The fourth-order valence-electron chi connectivity index (χ4n) is 1.07. The molecule has 0 atom stereocenters. The number of ether oxygens (including phenoxy) is 1. The summed E-state index contributed by atoms with van der Waals surface area (Å²) < 4.78 is 4.86. The van der Waals surface area contributed by atoms with E-state index in [2.05, 4.69) is 4.98 Å². The van der Waals surface area contributed by atoms with E-state index in [9.17, 15) is 10.1 Å². The molecule has 0 N–H and O–H groups in total. The average molecular weight is 214 g/mol. The first kappa shape index (κ1) is 10.8. The van der Waals surface area contributed by atoms with Gasteiger partial charge in [0.25, 0.3) is 5.88 Å². The number of aromatic nitrogens is 1. The van der Waals surface area contributed by atoms with Crippen LogP contribution in [0, 0.1) is 17.0 Å². The minimum atomic E-state index is -0.475. The maximum Gasteiger partial charge on any atom is 0.344 e. The highest BCUT2D eigenvalue weighted by molar-refractivity contribution is 7.98. The highest BCUT2D eigenvalue weighted by atomic mass is 32.2. The van der Waals surface area contributed by atoms with Crippen molar-refractivity contribution >= 4 is 17.4 Å². The standard InChI is InChI=1S/C8H10N2O3S/c1-5-4-6(14-3)7(10(11)12)8(9-5)13-2/h4H,1-3H3. The quantitative estimate of drug-likeness (QED) is 0.437. The van der Waals surface area contributed by atoms with E-state index in [1.165, 1.54) is 18.9 Å². The van der Waals surface area contributed by atoms with Gasteiger partial charge in [0.1, 0.15) is 0 Å². The van der Waals surface area contributed by atoms with Crippen molar-refractivity contribution in [1.82, 2.24) is 4.98 Å². The van der Waals surface area contributed by atoms with Crippen LogP contribution in [0.5, 0.6) is 5.88 Å². The van der Waals surface area contributed by atoms with Crippen LogP contribution in [0.4, 0.5) is 5.69 Å². The summed E-state index contributed by atoms with van der Waals surface area (Å²) in [6, 6.07) is 1.67. The Balaban J connectivity index is 3.40. The van der Waals surface area contributed by atoms with Gasteiger partial charge in [-0.05, 0) is 19.2 Å². The van der Waals surface area contributed by atoms with Crippen LogP contribution < -0.4 is 4.74 Å². The van der Waals surface area contributed by atoms with E-state index in [4.69, 9.17) is 4.74 Å². The smallest absolute Gasteiger partial charge is 0.344 e. The van der Waals surface area contributed by atoms with Crippen molar-refractivity contribution < 1.29 is 9.66 Å². The van der Waals surface area contributed by atoms with Crippen molar-refractivity contribution in [3.63, 3.8) is 0 Å². The number of pyridine rings is 1. The lowest BCUT2D eigenvalue weighted by Crippen LogP contribution is -1.99. The van der Waals surface area contributed by atoms with Crippen molar-refractivity contribution in [1.29, 1.82) is 0 Å². The van der Waals surface area contributed by atoms with Crippen molar-refractivity contribution in [3.8, 4) is 5.88 Å². The molecular weight excluding hydrogens is 204 g/mol. The number of hydrogen-bond acceptors (Lipinski definition) is 5. The molecule has 0 saturated carbocycles. The Morgan fingerprint density at radius 1 is 1.64 bits per heavy atom. The third kappa shape index (κ3) is 1.95. The fraction of sp³-hybridized carbons (Fsp3) is 0.375. The van der Waals surface area contributed by atoms with Gasteiger partial charge in [0, 0.05) is 5.69 Å². The van der Waals surface area contributed by atoms with Crippen molar-refractivity contribution in [2.45, 2.75) is 11.8 Å². The number of nitro groups is 1. The van der Waals surface area contributed by atoms with Crippen LogP contribution in [0.15, 0.2) is 11.0 Å². The first-order valence-electron chi connectivity index (χ1n) is 3.84. The molecule has 0 fully saturated rings. The molecule has 1 aromatic heterocycles. The van der Waals surface area contributed by atoms with Crippen LogP contribution in [0.3, 0.4) is 0 Å². The topological polar surface area (TPSA) is 65.3 Å². The van der Waals surface area contributed by atoms with E-state index in [0.717, 1.165) is 0 Å². The molecule has 0 spiro atoms. The lowest BCUT2D eigenvalue weighted by Gasteiger charge is -2.05. The number of thioether (sulfide) groups is 1. The normalized spacial score (nSPS) is 9.93. The second-order valence-corrected chi connectivity index (χ2v) is 3.43. The maximum absolute atomic E-state index is 10.7. The van der Waals surface area contributed by atoms with Crippen molar-refractivity contribution in [2.75, 3.05) is 13.4 Å². The van der Waals surface area contributed by atoms with Gasteiger partial charge in [-0.2, -0.15) is 0 Å². The van der Waals surface area contributed by atoms with E-state index in [0.29, 0.717) is 10.6 Å². The molecule has 0 aromatic carbocycles. The summed E-state index contributed by atoms with van der Waals surface area (Å²) in [6.07, 6.45) is 1.78. The zero-order chi connectivity index (χ0) is 10.7. The third-order valence-electron chi connectivity index (χ3n) is 1.65. The molecule has 1 heterocycles. The summed E-state index contributed by atoms with van der Waals surface area (Å²) in [7, 11) is 1.37. The summed E-state index contributed by atoms with van der Waals surface area (Å²) in [5, 5.41) is 10.7. The Labute approximate surface area is 85.6 Å². The monoisotopic (exact) mass is 214 g/mol. The van der Waals surface area contributed by atoms with Crippen LogP contribution in [0.2, 0.25) is 0 Å². The second kappa shape index (κ2) is 4.28. The number of rotatable bonds is 3. The minimum Gasteiger partial charge on any atom is -0.476 e. The average Bonchev–Trinajstić information content (AvgIpc) is 2.15. The molecule has 0 unspecified atom stereocenters. The predicted octanol–water partition coefficient (Wildman–Crippen LogP) is 2.03. The van der Waals surface area contributed by atoms with Crippen molar-refractivity contribution in [3.05, 3.63) is 21.9 Å². The van der Waals surface area contributed by atoms with E-state index < -0.39 is 4.92 Å². The zero-order valence-electron chi connectivity index (χ0n) is 8.10. The van der Waals surface area contributed by atoms with Crippen LogP contribution in [-0.2, 0) is 0 Å². The van der Waals surface area contributed by atoms with Gasteiger partial charge in [-0.1, -0.05) is 0 Å². The van der Waals surface area contributed by atoms with E-state index in [-0.39, 0.29) is 11.6 Å². The molecule has 1 rings (SSSR count). The molecule has 0 aliphatic heterocycles. The van der Waals surface area contributed by atoms with E-state index >= 15 is 0 Å². The largest absolute Gasteiger partial charge is 0.476 e. The van der Waals surface area contributed by atoms with Gasteiger partial charge in [0.2, 0.25) is 0 Å². The summed E-state index contributed by atoms with van der Waals surface area (Å²) >= 11 is 1.31.